The van der Waals surface area contributed by atoms with Gasteiger partial charge in [0.1, 0.15) is 11.8 Å². The molecule has 0 aliphatic carbocycles. The molecule has 29 heavy (non-hydrogen) atoms. The van der Waals surface area contributed by atoms with Crippen LogP contribution in [0, 0.1) is 0 Å². The van der Waals surface area contributed by atoms with E-state index < -0.39 is 22.0 Å². The Morgan fingerprint density at radius 2 is 1.69 bits per heavy atom. The normalized spacial score (nSPS) is 15.5. The molecule has 0 saturated carbocycles. The number of sulfonamides is 1. The van der Waals surface area contributed by atoms with Crippen molar-refractivity contribution in [3.05, 3.63) is 60.7 Å². The predicted molar refractivity (Wildman–Crippen MR) is 114 cm³/mol. The molecule has 1 heterocycles. The molecule has 6 nitrogen and oxygen atoms in total. The van der Waals surface area contributed by atoms with E-state index in [4.69, 9.17) is 4.74 Å². The van der Waals surface area contributed by atoms with Crippen molar-refractivity contribution in [3.63, 3.8) is 0 Å². The molecule has 1 aliphatic heterocycles. The van der Waals surface area contributed by atoms with Crippen LogP contribution in [0.1, 0.15) is 20.8 Å². The Labute approximate surface area is 170 Å². The van der Waals surface area contributed by atoms with E-state index in [1.54, 1.807) is 55.5 Å². The molecule has 1 amide bonds. The monoisotopic (exact) mass is 410 g/mol. The Hall–Kier alpha value is -3.06. The molecule has 0 fully saturated rings. The highest BCUT2D eigenvalue weighted by atomic mass is 32.2. The number of amides is 1. The molecular weight excluding hydrogens is 388 g/mol. The molecule has 0 unspecified atom stereocenters. The first-order valence-electron chi connectivity index (χ1n) is 9.43. The van der Waals surface area contributed by atoms with Crippen molar-refractivity contribution in [2.24, 2.45) is 0 Å². The minimum atomic E-state index is -3.81. The Bertz CT molecular complexity index is 1200. The van der Waals surface area contributed by atoms with E-state index in [0.29, 0.717) is 22.5 Å². The fraction of sp³-hybridized carbons (Fsp3) is 0.227. The van der Waals surface area contributed by atoms with E-state index in [1.165, 1.54) is 4.31 Å². The number of ether oxygens (including phenoxy) is 1. The van der Waals surface area contributed by atoms with Gasteiger partial charge in [-0.15, -0.1) is 0 Å². The summed E-state index contributed by atoms with van der Waals surface area (Å²) < 4.78 is 33.2. The van der Waals surface area contributed by atoms with Crippen molar-refractivity contribution in [3.8, 4) is 5.75 Å². The first-order chi connectivity index (χ1) is 13.8. The molecule has 1 atom stereocenters. The Balaban J connectivity index is 1.64. The van der Waals surface area contributed by atoms with Gasteiger partial charge < -0.3 is 10.1 Å². The molecule has 1 N–H and O–H groups in total. The molecule has 3 aromatic carbocycles. The van der Waals surface area contributed by atoms with Gasteiger partial charge in [-0.1, -0.05) is 30.3 Å². The fourth-order valence-electron chi connectivity index (χ4n) is 3.61. The van der Waals surface area contributed by atoms with Crippen molar-refractivity contribution in [1.29, 1.82) is 0 Å². The van der Waals surface area contributed by atoms with E-state index in [0.717, 1.165) is 5.39 Å². The highest BCUT2D eigenvalue weighted by Gasteiger charge is 2.40. The average molecular weight is 410 g/mol. The summed E-state index contributed by atoms with van der Waals surface area (Å²) in [4.78, 5) is 13.2. The van der Waals surface area contributed by atoms with Gasteiger partial charge in [0.15, 0.2) is 0 Å². The van der Waals surface area contributed by atoms with E-state index >= 15 is 0 Å². The third kappa shape index (κ3) is 3.31. The molecule has 0 bridgehead atoms. The number of carbonyl (C=O) groups excluding carboxylic acids is 1. The van der Waals surface area contributed by atoms with Crippen molar-refractivity contribution >= 4 is 38.1 Å². The Morgan fingerprint density at radius 1 is 1.00 bits per heavy atom. The number of benzene rings is 3. The maximum absolute atomic E-state index is 13.2. The van der Waals surface area contributed by atoms with E-state index in [1.807, 2.05) is 26.0 Å². The number of hydrogen-bond donors (Lipinski definition) is 1. The lowest BCUT2D eigenvalue weighted by Crippen LogP contribution is -2.43. The molecule has 4 rings (SSSR count). The maximum Gasteiger partial charge on any atom is 0.265 e. The van der Waals surface area contributed by atoms with Gasteiger partial charge in [0.05, 0.1) is 16.7 Å². The number of nitrogens with zero attached hydrogens (tertiary/aromatic N) is 1. The highest BCUT2D eigenvalue weighted by molar-refractivity contribution is 7.93. The standard InChI is InChI=1S/C22H22N2O4S/c1-14(2)28-18-10-6-9-17(13-18)23-22(25)15(3)24-19-11-4-7-16-8-5-12-20(21(16)19)29(24,26)27/h4-15H,1-3H3,(H,23,25)/t15-/m0/s1. The van der Waals surface area contributed by atoms with Gasteiger partial charge in [-0.05, 0) is 50.4 Å². The smallest absolute Gasteiger partial charge is 0.265 e. The quantitative estimate of drug-likeness (QED) is 0.685. The van der Waals surface area contributed by atoms with Crippen molar-refractivity contribution in [2.75, 3.05) is 9.62 Å². The summed E-state index contributed by atoms with van der Waals surface area (Å²) in [5.74, 6) is 0.219. The van der Waals surface area contributed by atoms with Crippen LogP contribution in [-0.2, 0) is 14.8 Å². The third-order valence-corrected chi connectivity index (χ3v) is 6.75. The summed E-state index contributed by atoms with van der Waals surface area (Å²) in [5.41, 5.74) is 1.07. The predicted octanol–water partition coefficient (Wildman–Crippen LogP) is 4.16. The zero-order chi connectivity index (χ0) is 20.8. The zero-order valence-corrected chi connectivity index (χ0v) is 17.2. The summed E-state index contributed by atoms with van der Waals surface area (Å²) in [5, 5.41) is 4.29. The van der Waals surface area contributed by atoms with E-state index in [-0.39, 0.29) is 11.0 Å². The number of rotatable bonds is 5. The molecule has 150 valence electrons. The van der Waals surface area contributed by atoms with E-state index in [9.17, 15) is 13.2 Å². The van der Waals surface area contributed by atoms with Crippen molar-refractivity contribution < 1.29 is 17.9 Å². The van der Waals surface area contributed by atoms with Crippen LogP contribution in [0.4, 0.5) is 11.4 Å². The van der Waals surface area contributed by atoms with Gasteiger partial charge in [0.2, 0.25) is 5.91 Å². The van der Waals surface area contributed by atoms with Crippen LogP contribution in [0.3, 0.4) is 0 Å². The molecule has 0 radical (unpaired) electrons. The van der Waals surface area contributed by atoms with Crippen LogP contribution in [0.25, 0.3) is 10.8 Å². The van der Waals surface area contributed by atoms with Gasteiger partial charge in [-0.2, -0.15) is 0 Å². The van der Waals surface area contributed by atoms with Gasteiger partial charge in [-0.3, -0.25) is 9.10 Å². The molecule has 0 aromatic heterocycles. The Morgan fingerprint density at radius 3 is 2.41 bits per heavy atom. The van der Waals surface area contributed by atoms with Gasteiger partial charge in [0.25, 0.3) is 10.0 Å². The summed E-state index contributed by atoms with van der Waals surface area (Å²) in [6.45, 7) is 5.43. The average Bonchev–Trinajstić information content (AvgIpc) is 2.90. The number of anilines is 2. The van der Waals surface area contributed by atoms with Crippen LogP contribution in [0.2, 0.25) is 0 Å². The lowest BCUT2D eigenvalue weighted by molar-refractivity contribution is -0.116. The highest BCUT2D eigenvalue weighted by Crippen LogP contribution is 2.43. The fourth-order valence-corrected chi connectivity index (χ4v) is 5.48. The Kier molecular flexibility index (Phi) is 4.70. The van der Waals surface area contributed by atoms with Crippen LogP contribution in [-0.4, -0.2) is 26.5 Å². The first-order valence-corrected chi connectivity index (χ1v) is 10.9. The third-order valence-electron chi connectivity index (χ3n) is 4.82. The minimum absolute atomic E-state index is 0.00797. The van der Waals surface area contributed by atoms with Gasteiger partial charge in [-0.25, -0.2) is 8.42 Å². The maximum atomic E-state index is 13.2. The number of nitrogens with one attached hydrogen (secondary N) is 1. The molecular formula is C22H22N2O4S. The first kappa shape index (κ1) is 19.3. The van der Waals surface area contributed by atoms with Crippen LogP contribution in [0.5, 0.6) is 5.75 Å². The molecule has 0 spiro atoms. The van der Waals surface area contributed by atoms with Gasteiger partial charge >= 0.3 is 0 Å². The second-order valence-corrected chi connectivity index (χ2v) is 9.08. The minimum Gasteiger partial charge on any atom is -0.491 e. The second-order valence-electron chi connectivity index (χ2n) is 7.29. The lowest BCUT2D eigenvalue weighted by atomic mass is 10.1. The summed E-state index contributed by atoms with van der Waals surface area (Å²) in [7, 11) is -3.81. The lowest BCUT2D eigenvalue weighted by Gasteiger charge is -2.25. The summed E-state index contributed by atoms with van der Waals surface area (Å²) >= 11 is 0. The number of hydrogen-bond acceptors (Lipinski definition) is 4. The molecule has 7 heteroatoms. The largest absolute Gasteiger partial charge is 0.491 e. The van der Waals surface area contributed by atoms with Crippen molar-refractivity contribution in [1.82, 2.24) is 0 Å². The van der Waals surface area contributed by atoms with E-state index in [2.05, 4.69) is 5.32 Å². The summed E-state index contributed by atoms with van der Waals surface area (Å²) in [6, 6.07) is 16.7. The topological polar surface area (TPSA) is 75.7 Å². The second kappa shape index (κ2) is 7.08. The van der Waals surface area contributed by atoms with Crippen LogP contribution in [0.15, 0.2) is 65.6 Å². The summed E-state index contributed by atoms with van der Waals surface area (Å²) in [6.07, 6.45) is 0.00797. The van der Waals surface area contributed by atoms with Crippen LogP contribution >= 0.6 is 0 Å². The number of carbonyl (C=O) groups is 1. The SMILES string of the molecule is CC(C)Oc1cccc(NC(=O)[C@H](C)N2c3cccc4cccc(c34)S2(=O)=O)c1. The molecule has 0 saturated heterocycles. The molecule has 3 aromatic rings. The molecule has 1 aliphatic rings. The van der Waals surface area contributed by atoms with Crippen molar-refractivity contribution in [2.45, 2.75) is 37.8 Å². The van der Waals surface area contributed by atoms with Gasteiger partial charge in [0, 0.05) is 17.1 Å². The van der Waals surface area contributed by atoms with Crippen LogP contribution < -0.4 is 14.4 Å². The zero-order valence-electron chi connectivity index (χ0n) is 16.4.